The van der Waals surface area contributed by atoms with Crippen molar-refractivity contribution in [2.45, 2.75) is 13.8 Å². The van der Waals surface area contributed by atoms with Gasteiger partial charge in [-0.05, 0) is 0 Å². The van der Waals surface area contributed by atoms with Crippen molar-refractivity contribution < 1.29 is 14.7 Å². The molecular formula is C6H9NO3. The largest absolute Gasteiger partial charge is 0.476 e. The summed E-state index contributed by atoms with van der Waals surface area (Å²) in [5.41, 5.74) is -0.838. The Morgan fingerprint density at radius 3 is 1.90 bits per heavy atom. The smallest absolute Gasteiger partial charge is 0.357 e. The maximum Gasteiger partial charge on any atom is 0.357 e. The van der Waals surface area contributed by atoms with Gasteiger partial charge in [-0.15, -0.1) is 0 Å². The lowest BCUT2D eigenvalue weighted by molar-refractivity contribution is -0.130. The zero-order valence-electron chi connectivity index (χ0n) is 5.84. The summed E-state index contributed by atoms with van der Waals surface area (Å²) in [6.07, 6.45) is 0. The van der Waals surface area contributed by atoms with E-state index in [2.05, 4.69) is 0 Å². The highest BCUT2D eigenvalue weighted by atomic mass is 16.4. The van der Waals surface area contributed by atoms with E-state index < -0.39 is 23.4 Å². The SMILES string of the molecule is CC(C)C(=O)C(=N)C(=O)O. The van der Waals surface area contributed by atoms with Gasteiger partial charge in [-0.2, -0.15) is 0 Å². The monoisotopic (exact) mass is 143 g/mol. The van der Waals surface area contributed by atoms with Gasteiger partial charge in [0.2, 0.25) is 0 Å². The zero-order valence-corrected chi connectivity index (χ0v) is 5.84. The lowest BCUT2D eigenvalue weighted by Gasteiger charge is -1.99. The number of hydrogen-bond acceptors (Lipinski definition) is 3. The standard InChI is InChI=1S/C6H9NO3/c1-3(2)5(8)4(7)6(9)10/h3,7H,1-2H3,(H,9,10). The summed E-state index contributed by atoms with van der Waals surface area (Å²) >= 11 is 0. The van der Waals surface area contributed by atoms with Gasteiger partial charge >= 0.3 is 5.97 Å². The van der Waals surface area contributed by atoms with Gasteiger partial charge in [0.25, 0.3) is 0 Å². The van der Waals surface area contributed by atoms with E-state index in [0.29, 0.717) is 0 Å². The predicted octanol–water partition coefficient (Wildman–Crippen LogP) is 0.316. The molecule has 2 N–H and O–H groups in total. The minimum Gasteiger partial charge on any atom is -0.476 e. The second-order valence-corrected chi connectivity index (χ2v) is 2.20. The van der Waals surface area contributed by atoms with E-state index in [4.69, 9.17) is 10.5 Å². The normalized spacial score (nSPS) is 9.50. The third-order valence-corrected chi connectivity index (χ3v) is 0.985. The number of carbonyl (C=O) groups is 2. The Hall–Kier alpha value is -1.19. The molecule has 0 spiro atoms. The number of Topliss-reactive ketones (excluding diaryl/α,β-unsaturated/α-hetero) is 1. The fourth-order valence-corrected chi connectivity index (χ4v) is 0.394. The molecule has 0 fully saturated rings. The molecule has 0 radical (unpaired) electrons. The van der Waals surface area contributed by atoms with Crippen LogP contribution in [0.25, 0.3) is 0 Å². The van der Waals surface area contributed by atoms with E-state index in [9.17, 15) is 9.59 Å². The first-order chi connectivity index (χ1) is 4.46. The molecule has 0 rings (SSSR count). The molecule has 0 aliphatic heterocycles. The Balaban J connectivity index is 4.24. The van der Waals surface area contributed by atoms with Crippen LogP contribution in [-0.4, -0.2) is 22.6 Å². The van der Waals surface area contributed by atoms with Crippen molar-refractivity contribution in [3.8, 4) is 0 Å². The molecule has 0 aromatic rings. The van der Waals surface area contributed by atoms with Gasteiger partial charge in [-0.3, -0.25) is 10.2 Å². The quantitative estimate of drug-likeness (QED) is 0.441. The predicted molar refractivity (Wildman–Crippen MR) is 35.2 cm³/mol. The van der Waals surface area contributed by atoms with E-state index in [1.165, 1.54) is 0 Å². The van der Waals surface area contributed by atoms with E-state index in [1.807, 2.05) is 0 Å². The summed E-state index contributed by atoms with van der Waals surface area (Å²) in [6, 6.07) is 0. The number of rotatable bonds is 3. The zero-order chi connectivity index (χ0) is 8.31. The van der Waals surface area contributed by atoms with Gasteiger partial charge in [0.05, 0.1) is 0 Å². The molecule has 4 nitrogen and oxygen atoms in total. The third-order valence-electron chi connectivity index (χ3n) is 0.985. The molecular weight excluding hydrogens is 134 g/mol. The van der Waals surface area contributed by atoms with Gasteiger partial charge in [0.15, 0.2) is 11.5 Å². The number of carboxylic acids is 1. The summed E-state index contributed by atoms with van der Waals surface area (Å²) in [7, 11) is 0. The average Bonchev–Trinajstić information content (AvgIpc) is 1.84. The number of aliphatic carboxylic acids is 1. The van der Waals surface area contributed by atoms with E-state index in [1.54, 1.807) is 13.8 Å². The van der Waals surface area contributed by atoms with Gasteiger partial charge < -0.3 is 5.11 Å². The summed E-state index contributed by atoms with van der Waals surface area (Å²) in [6.45, 7) is 3.11. The number of ketones is 1. The van der Waals surface area contributed by atoms with Crippen molar-refractivity contribution in [1.29, 1.82) is 5.41 Å². The maximum absolute atomic E-state index is 10.7. The van der Waals surface area contributed by atoms with Crippen molar-refractivity contribution in [2.75, 3.05) is 0 Å². The molecule has 0 bridgehead atoms. The van der Waals surface area contributed by atoms with E-state index >= 15 is 0 Å². The van der Waals surface area contributed by atoms with Crippen LogP contribution >= 0.6 is 0 Å². The maximum atomic E-state index is 10.7. The molecule has 0 aliphatic carbocycles. The van der Waals surface area contributed by atoms with Crippen molar-refractivity contribution in [2.24, 2.45) is 5.92 Å². The lowest BCUT2D eigenvalue weighted by Crippen LogP contribution is -2.26. The molecule has 0 saturated heterocycles. The first-order valence-electron chi connectivity index (χ1n) is 2.83. The molecule has 0 aromatic carbocycles. The van der Waals surface area contributed by atoms with Crippen molar-refractivity contribution in [3.05, 3.63) is 0 Å². The Morgan fingerprint density at radius 2 is 1.80 bits per heavy atom. The summed E-state index contributed by atoms with van der Waals surface area (Å²) < 4.78 is 0. The summed E-state index contributed by atoms with van der Waals surface area (Å²) in [5, 5.41) is 14.9. The van der Waals surface area contributed by atoms with Crippen LogP contribution in [0.5, 0.6) is 0 Å². The minimum atomic E-state index is -1.46. The first-order valence-corrected chi connectivity index (χ1v) is 2.83. The minimum absolute atomic E-state index is 0.413. The number of hydrogen-bond donors (Lipinski definition) is 2. The van der Waals surface area contributed by atoms with Crippen molar-refractivity contribution in [3.63, 3.8) is 0 Å². The van der Waals surface area contributed by atoms with Gasteiger partial charge in [0.1, 0.15) is 0 Å². The van der Waals surface area contributed by atoms with Crippen LogP contribution in [0.4, 0.5) is 0 Å². The van der Waals surface area contributed by atoms with Crippen LogP contribution in [0.3, 0.4) is 0 Å². The van der Waals surface area contributed by atoms with Crippen LogP contribution in [-0.2, 0) is 9.59 Å². The number of carbonyl (C=O) groups excluding carboxylic acids is 1. The fraction of sp³-hybridized carbons (Fsp3) is 0.500. The van der Waals surface area contributed by atoms with Crippen LogP contribution in [0.1, 0.15) is 13.8 Å². The molecule has 56 valence electrons. The molecule has 0 aliphatic rings. The highest BCUT2D eigenvalue weighted by Crippen LogP contribution is 1.95. The highest BCUT2D eigenvalue weighted by molar-refractivity contribution is 6.63. The molecule has 0 atom stereocenters. The van der Waals surface area contributed by atoms with E-state index in [0.717, 1.165) is 0 Å². The van der Waals surface area contributed by atoms with Crippen molar-refractivity contribution >= 4 is 17.5 Å². The van der Waals surface area contributed by atoms with Crippen molar-refractivity contribution in [1.82, 2.24) is 0 Å². The lowest BCUT2D eigenvalue weighted by atomic mass is 10.1. The molecule has 0 aromatic heterocycles. The fourth-order valence-electron chi connectivity index (χ4n) is 0.394. The van der Waals surface area contributed by atoms with Crippen LogP contribution in [0.15, 0.2) is 0 Å². The first kappa shape index (κ1) is 8.81. The second-order valence-electron chi connectivity index (χ2n) is 2.20. The molecule has 0 heterocycles. The van der Waals surface area contributed by atoms with Gasteiger partial charge in [-0.25, -0.2) is 4.79 Å². The van der Waals surface area contributed by atoms with Gasteiger partial charge in [0, 0.05) is 5.92 Å². The van der Waals surface area contributed by atoms with E-state index in [-0.39, 0.29) is 0 Å². The molecule has 0 unspecified atom stereocenters. The Morgan fingerprint density at radius 1 is 1.40 bits per heavy atom. The highest BCUT2D eigenvalue weighted by Gasteiger charge is 2.19. The van der Waals surface area contributed by atoms with Crippen LogP contribution in [0, 0.1) is 11.3 Å². The van der Waals surface area contributed by atoms with Crippen LogP contribution < -0.4 is 0 Å². The average molecular weight is 143 g/mol. The molecule has 4 heteroatoms. The molecule has 0 amide bonds. The van der Waals surface area contributed by atoms with Gasteiger partial charge in [-0.1, -0.05) is 13.8 Å². The third kappa shape index (κ3) is 1.97. The summed E-state index contributed by atoms with van der Waals surface area (Å²) in [4.78, 5) is 20.7. The Kier molecular flexibility index (Phi) is 2.73. The Labute approximate surface area is 58.4 Å². The topological polar surface area (TPSA) is 78.2 Å². The Bertz CT molecular complexity index is 183. The van der Waals surface area contributed by atoms with Crippen LogP contribution in [0.2, 0.25) is 0 Å². The summed E-state index contributed by atoms with van der Waals surface area (Å²) in [5.74, 6) is -2.50. The second kappa shape index (κ2) is 3.10. The number of carboxylic acid groups (broad SMARTS) is 1. The molecule has 0 saturated carbocycles. The molecule has 10 heavy (non-hydrogen) atoms. The number of nitrogens with one attached hydrogen (secondary N) is 1.